The van der Waals surface area contributed by atoms with Gasteiger partial charge >= 0.3 is 0 Å². The summed E-state index contributed by atoms with van der Waals surface area (Å²) in [5.41, 5.74) is 3.06. The Hall–Kier alpha value is -1.93. The number of hydroxylamine groups is 1. The lowest BCUT2D eigenvalue weighted by molar-refractivity contribution is -0.138. The molecule has 2 saturated heterocycles. The highest BCUT2D eigenvalue weighted by Gasteiger charge is 2.48. The number of likely N-dealkylation sites (tertiary alicyclic amines) is 1. The Morgan fingerprint density at radius 2 is 1.89 bits per heavy atom. The maximum atomic E-state index is 13.4. The fourth-order valence-corrected chi connectivity index (χ4v) is 5.96. The average molecular weight is 409 g/mol. The number of nitrogens with one attached hydrogen (secondary N) is 1. The van der Waals surface area contributed by atoms with Crippen LogP contribution in [0.25, 0.3) is 0 Å². The van der Waals surface area contributed by atoms with Gasteiger partial charge in [-0.05, 0) is 44.6 Å². The van der Waals surface area contributed by atoms with Crippen LogP contribution in [0, 0.1) is 12.8 Å². The summed E-state index contributed by atoms with van der Waals surface area (Å²) in [5, 5.41) is 8.98. The number of benzene rings is 1. The van der Waals surface area contributed by atoms with Gasteiger partial charge in [0.2, 0.25) is 11.8 Å². The zero-order valence-corrected chi connectivity index (χ0v) is 17.2. The van der Waals surface area contributed by atoms with Crippen molar-refractivity contribution in [3.05, 3.63) is 35.4 Å². The van der Waals surface area contributed by atoms with Crippen molar-refractivity contribution in [3.8, 4) is 0 Å². The molecule has 2 unspecified atom stereocenters. The predicted octanol–water partition coefficient (Wildman–Crippen LogP) is 1.57. The highest BCUT2D eigenvalue weighted by atomic mass is 32.2. The van der Waals surface area contributed by atoms with Crippen molar-refractivity contribution >= 4 is 21.7 Å². The van der Waals surface area contributed by atoms with Gasteiger partial charge in [-0.3, -0.25) is 14.8 Å². The molecule has 2 aliphatic heterocycles. The van der Waals surface area contributed by atoms with Crippen LogP contribution < -0.4 is 5.48 Å². The molecule has 28 heavy (non-hydrogen) atoms. The second-order valence-electron chi connectivity index (χ2n) is 8.24. The first-order chi connectivity index (χ1) is 13.2. The second kappa shape index (κ2) is 7.83. The monoisotopic (exact) mass is 408 g/mol. The minimum Gasteiger partial charge on any atom is -0.338 e. The summed E-state index contributed by atoms with van der Waals surface area (Å²) in [7, 11) is -3.04. The molecule has 0 aliphatic carbocycles. The van der Waals surface area contributed by atoms with Crippen LogP contribution in [0.5, 0.6) is 0 Å². The quantitative estimate of drug-likeness (QED) is 0.569. The number of amides is 2. The van der Waals surface area contributed by atoms with Gasteiger partial charge in [-0.25, -0.2) is 13.9 Å². The van der Waals surface area contributed by atoms with Crippen LogP contribution in [0.3, 0.4) is 0 Å². The van der Waals surface area contributed by atoms with Crippen molar-refractivity contribution < 1.29 is 23.2 Å². The molecule has 0 spiro atoms. The minimum absolute atomic E-state index is 0.0308. The molecule has 2 heterocycles. The normalized spacial score (nSPS) is 26.2. The summed E-state index contributed by atoms with van der Waals surface area (Å²) in [6.07, 6.45) is 1.46. The number of nitrogens with zero attached hydrogens (tertiary/aromatic N) is 1. The summed E-state index contributed by atoms with van der Waals surface area (Å²) in [4.78, 5) is 27.0. The molecule has 2 N–H and O–H groups in total. The molecular weight excluding hydrogens is 380 g/mol. The average Bonchev–Trinajstić information content (AvgIpc) is 2.96. The Morgan fingerprint density at radius 3 is 2.46 bits per heavy atom. The van der Waals surface area contributed by atoms with Gasteiger partial charge in [-0.15, -0.1) is 0 Å². The van der Waals surface area contributed by atoms with Crippen LogP contribution in [-0.4, -0.2) is 54.4 Å². The van der Waals surface area contributed by atoms with Crippen molar-refractivity contribution in [3.63, 3.8) is 0 Å². The van der Waals surface area contributed by atoms with Crippen LogP contribution in [-0.2, 0) is 24.8 Å². The van der Waals surface area contributed by atoms with Crippen LogP contribution in [0.2, 0.25) is 0 Å². The van der Waals surface area contributed by atoms with Crippen LogP contribution in [0.1, 0.15) is 43.7 Å². The third kappa shape index (κ3) is 4.07. The lowest BCUT2D eigenvalue weighted by atomic mass is 9.80. The SMILES string of the molecule is Cc1ccc(C2(C)CCN(C(CC(=O)NO)C3CCS(=O)(=O)CC3)C2=O)cc1. The Kier molecular flexibility index (Phi) is 5.82. The number of aryl methyl sites for hydroxylation is 1. The number of hydrogen-bond acceptors (Lipinski definition) is 5. The van der Waals surface area contributed by atoms with Gasteiger partial charge in [-0.2, -0.15) is 0 Å². The molecule has 0 radical (unpaired) electrons. The first-order valence-corrected chi connectivity index (χ1v) is 11.5. The minimum atomic E-state index is -3.04. The molecule has 2 aliphatic rings. The smallest absolute Gasteiger partial charge is 0.245 e. The second-order valence-corrected chi connectivity index (χ2v) is 10.5. The number of rotatable bonds is 5. The van der Waals surface area contributed by atoms with E-state index in [4.69, 9.17) is 5.21 Å². The number of sulfone groups is 1. The fourth-order valence-electron chi connectivity index (χ4n) is 4.44. The molecular formula is C20H28N2O5S. The molecule has 1 aromatic rings. The van der Waals surface area contributed by atoms with Gasteiger partial charge in [-0.1, -0.05) is 29.8 Å². The first-order valence-electron chi connectivity index (χ1n) is 9.68. The maximum Gasteiger partial charge on any atom is 0.245 e. The van der Waals surface area contributed by atoms with E-state index in [1.54, 1.807) is 10.4 Å². The van der Waals surface area contributed by atoms with E-state index in [-0.39, 0.29) is 29.8 Å². The molecule has 2 atom stereocenters. The Labute approximate surface area is 166 Å². The van der Waals surface area contributed by atoms with Crippen LogP contribution in [0.4, 0.5) is 0 Å². The first kappa shape index (κ1) is 20.8. The van der Waals surface area contributed by atoms with E-state index in [0.717, 1.165) is 11.1 Å². The highest BCUT2D eigenvalue weighted by Crippen LogP contribution is 2.39. The van der Waals surface area contributed by atoms with Gasteiger partial charge < -0.3 is 4.90 Å². The molecule has 7 nitrogen and oxygen atoms in total. The Bertz CT molecular complexity index is 838. The van der Waals surface area contributed by atoms with Gasteiger partial charge in [0, 0.05) is 19.0 Å². The molecule has 8 heteroatoms. The standard InChI is InChI=1S/C20H28N2O5S/c1-14-3-5-16(6-4-14)20(2)9-10-22(19(20)24)17(13-18(23)21-25)15-7-11-28(26,27)12-8-15/h3-6,15,17,25H,7-13H2,1-2H3,(H,21,23). The number of carbonyl (C=O) groups is 2. The van der Waals surface area contributed by atoms with E-state index in [9.17, 15) is 18.0 Å². The third-order valence-corrected chi connectivity index (χ3v) is 8.05. The van der Waals surface area contributed by atoms with Crippen LogP contribution >= 0.6 is 0 Å². The van der Waals surface area contributed by atoms with E-state index in [1.807, 2.05) is 38.1 Å². The summed E-state index contributed by atoms with van der Waals surface area (Å²) in [6, 6.07) is 7.50. The summed E-state index contributed by atoms with van der Waals surface area (Å²) >= 11 is 0. The zero-order valence-electron chi connectivity index (χ0n) is 16.3. The van der Waals surface area contributed by atoms with Crippen molar-refractivity contribution in [2.45, 2.75) is 51.0 Å². The molecule has 3 rings (SSSR count). The molecule has 2 amide bonds. The highest BCUT2D eigenvalue weighted by molar-refractivity contribution is 7.91. The third-order valence-electron chi connectivity index (χ3n) is 6.34. The summed E-state index contributed by atoms with van der Waals surface area (Å²) in [5.74, 6) is -0.529. The van der Waals surface area contributed by atoms with E-state index >= 15 is 0 Å². The number of carbonyl (C=O) groups excluding carboxylic acids is 2. The summed E-state index contributed by atoms with van der Waals surface area (Å²) < 4.78 is 23.6. The van der Waals surface area contributed by atoms with Crippen LogP contribution in [0.15, 0.2) is 24.3 Å². The van der Waals surface area contributed by atoms with Crippen molar-refractivity contribution in [2.75, 3.05) is 18.1 Å². The number of hydrogen-bond donors (Lipinski definition) is 2. The van der Waals surface area contributed by atoms with Gasteiger partial charge in [0.25, 0.3) is 0 Å². The molecule has 0 bridgehead atoms. The zero-order chi connectivity index (χ0) is 20.5. The van der Waals surface area contributed by atoms with Gasteiger partial charge in [0.15, 0.2) is 0 Å². The molecule has 1 aromatic carbocycles. The van der Waals surface area contributed by atoms with Gasteiger partial charge in [0.1, 0.15) is 9.84 Å². The molecule has 0 aromatic heterocycles. The fraction of sp³-hybridized carbons (Fsp3) is 0.600. The van der Waals surface area contributed by atoms with Gasteiger partial charge in [0.05, 0.1) is 16.9 Å². The topological polar surface area (TPSA) is 104 Å². The van der Waals surface area contributed by atoms with Crippen molar-refractivity contribution in [1.82, 2.24) is 10.4 Å². The van der Waals surface area contributed by atoms with E-state index in [1.165, 1.54) is 0 Å². The van der Waals surface area contributed by atoms with E-state index in [2.05, 4.69) is 0 Å². The molecule has 2 fully saturated rings. The largest absolute Gasteiger partial charge is 0.338 e. The predicted molar refractivity (Wildman–Crippen MR) is 105 cm³/mol. The Balaban J connectivity index is 1.85. The lowest BCUT2D eigenvalue weighted by Gasteiger charge is -2.37. The van der Waals surface area contributed by atoms with E-state index < -0.39 is 27.2 Å². The maximum absolute atomic E-state index is 13.4. The van der Waals surface area contributed by atoms with E-state index in [0.29, 0.717) is 25.8 Å². The summed E-state index contributed by atoms with van der Waals surface area (Å²) in [6.45, 7) is 4.43. The molecule has 154 valence electrons. The lowest BCUT2D eigenvalue weighted by Crippen LogP contribution is -2.48. The van der Waals surface area contributed by atoms with Crippen molar-refractivity contribution in [1.29, 1.82) is 0 Å². The Morgan fingerprint density at radius 1 is 1.29 bits per heavy atom. The molecule has 0 saturated carbocycles. The van der Waals surface area contributed by atoms with Crippen molar-refractivity contribution in [2.24, 2.45) is 5.92 Å².